The van der Waals surface area contributed by atoms with Gasteiger partial charge in [-0.3, -0.25) is 0 Å². The third-order valence-corrected chi connectivity index (χ3v) is 3.14. The summed E-state index contributed by atoms with van der Waals surface area (Å²) in [4.78, 5) is 0. The fraction of sp³-hybridized carbons (Fsp3) is 0.0625. The molecular formula is C16H11FN2. The summed E-state index contributed by atoms with van der Waals surface area (Å²) < 4.78 is 15.2. The zero-order chi connectivity index (χ0) is 13.2. The molecule has 1 heterocycles. The van der Waals surface area contributed by atoms with E-state index in [0.29, 0.717) is 12.1 Å². The Morgan fingerprint density at radius 2 is 2.00 bits per heavy atom. The highest BCUT2D eigenvalue weighted by Crippen LogP contribution is 2.19. The van der Waals surface area contributed by atoms with Crippen LogP contribution in [0.5, 0.6) is 0 Å². The van der Waals surface area contributed by atoms with Crippen molar-refractivity contribution in [3.63, 3.8) is 0 Å². The normalized spacial score (nSPS) is 10.5. The minimum absolute atomic E-state index is 0.222. The first-order valence-electron chi connectivity index (χ1n) is 6.00. The van der Waals surface area contributed by atoms with Crippen LogP contribution in [0.3, 0.4) is 0 Å². The third kappa shape index (κ3) is 2.21. The fourth-order valence-corrected chi connectivity index (χ4v) is 2.24. The van der Waals surface area contributed by atoms with Crippen LogP contribution in [-0.4, -0.2) is 4.57 Å². The highest BCUT2D eigenvalue weighted by atomic mass is 19.1. The van der Waals surface area contributed by atoms with E-state index in [1.165, 1.54) is 12.1 Å². The summed E-state index contributed by atoms with van der Waals surface area (Å²) >= 11 is 0. The number of nitriles is 1. The Balaban J connectivity index is 2.00. The first-order chi connectivity index (χ1) is 9.26. The number of aromatic nitrogens is 1. The summed E-state index contributed by atoms with van der Waals surface area (Å²) in [5.41, 5.74) is 2.61. The molecule has 0 saturated carbocycles. The summed E-state index contributed by atoms with van der Waals surface area (Å²) in [6, 6.07) is 16.3. The number of hydrogen-bond acceptors (Lipinski definition) is 1. The maximum absolute atomic E-state index is 13.2. The Morgan fingerprint density at radius 3 is 2.79 bits per heavy atom. The summed E-state index contributed by atoms with van der Waals surface area (Å²) in [6.45, 7) is 0.618. The van der Waals surface area contributed by atoms with E-state index < -0.39 is 0 Å². The fourth-order valence-electron chi connectivity index (χ4n) is 2.24. The van der Waals surface area contributed by atoms with Gasteiger partial charge in [-0.1, -0.05) is 12.1 Å². The second-order valence-electron chi connectivity index (χ2n) is 4.46. The van der Waals surface area contributed by atoms with E-state index in [2.05, 4.69) is 6.07 Å². The molecule has 0 fully saturated rings. The number of nitrogens with zero attached hydrogens (tertiary/aromatic N) is 2. The second-order valence-corrected chi connectivity index (χ2v) is 4.46. The van der Waals surface area contributed by atoms with Gasteiger partial charge in [0.15, 0.2) is 0 Å². The van der Waals surface area contributed by atoms with Crippen LogP contribution in [0.4, 0.5) is 4.39 Å². The lowest BCUT2D eigenvalue weighted by atomic mass is 10.2. The van der Waals surface area contributed by atoms with E-state index in [9.17, 15) is 4.39 Å². The first kappa shape index (κ1) is 11.5. The molecule has 0 atom stereocenters. The lowest BCUT2D eigenvalue weighted by molar-refractivity contribution is 0.624. The number of hydrogen-bond donors (Lipinski definition) is 0. The zero-order valence-corrected chi connectivity index (χ0v) is 10.2. The molecule has 0 aliphatic rings. The molecule has 0 spiro atoms. The second kappa shape index (κ2) is 4.58. The molecule has 3 heteroatoms. The lowest BCUT2D eigenvalue weighted by Crippen LogP contribution is -1.98. The SMILES string of the molecule is N#Cc1ccc2c(ccn2Cc2cccc(F)c2)c1. The van der Waals surface area contributed by atoms with Crippen LogP contribution in [-0.2, 0) is 6.54 Å². The molecule has 0 aliphatic carbocycles. The van der Waals surface area contributed by atoms with Crippen LogP contribution in [0.1, 0.15) is 11.1 Å². The summed E-state index contributed by atoms with van der Waals surface area (Å²) in [7, 11) is 0. The minimum atomic E-state index is -0.222. The van der Waals surface area contributed by atoms with Crippen LogP contribution in [0.15, 0.2) is 54.7 Å². The predicted octanol–water partition coefficient (Wildman–Crippen LogP) is 3.70. The quantitative estimate of drug-likeness (QED) is 0.681. The van der Waals surface area contributed by atoms with Gasteiger partial charge in [0, 0.05) is 23.6 Å². The molecule has 3 aromatic rings. The smallest absolute Gasteiger partial charge is 0.123 e. The van der Waals surface area contributed by atoms with Gasteiger partial charge in [-0.15, -0.1) is 0 Å². The predicted molar refractivity (Wildman–Crippen MR) is 72.2 cm³/mol. The molecule has 3 rings (SSSR count). The van der Waals surface area contributed by atoms with Crippen molar-refractivity contribution in [3.05, 3.63) is 71.7 Å². The Labute approximate surface area is 110 Å². The summed E-state index contributed by atoms with van der Waals surface area (Å²) in [5, 5.41) is 9.89. The number of rotatable bonds is 2. The summed E-state index contributed by atoms with van der Waals surface area (Å²) in [5.74, 6) is -0.222. The molecule has 0 radical (unpaired) electrons. The van der Waals surface area contributed by atoms with Crippen LogP contribution < -0.4 is 0 Å². The molecule has 0 amide bonds. The third-order valence-electron chi connectivity index (χ3n) is 3.14. The molecule has 2 aromatic carbocycles. The topological polar surface area (TPSA) is 28.7 Å². The zero-order valence-electron chi connectivity index (χ0n) is 10.2. The molecule has 0 aliphatic heterocycles. The standard InChI is InChI=1S/C16H11FN2/c17-15-3-1-2-13(9-15)11-19-7-6-14-8-12(10-18)4-5-16(14)19/h1-9H,11H2. The monoisotopic (exact) mass is 250 g/mol. The van der Waals surface area contributed by atoms with Gasteiger partial charge in [0.05, 0.1) is 11.6 Å². The molecule has 92 valence electrons. The lowest BCUT2D eigenvalue weighted by Gasteiger charge is -2.06. The van der Waals surface area contributed by atoms with Crippen molar-refractivity contribution in [3.8, 4) is 6.07 Å². The van der Waals surface area contributed by atoms with Crippen LogP contribution in [0.2, 0.25) is 0 Å². The van der Waals surface area contributed by atoms with Crippen molar-refractivity contribution in [2.45, 2.75) is 6.54 Å². The van der Waals surface area contributed by atoms with Gasteiger partial charge in [0.2, 0.25) is 0 Å². The Hall–Kier alpha value is -2.60. The van der Waals surface area contributed by atoms with Gasteiger partial charge < -0.3 is 4.57 Å². The first-order valence-corrected chi connectivity index (χ1v) is 6.00. The van der Waals surface area contributed by atoms with Gasteiger partial charge in [-0.25, -0.2) is 4.39 Å². The minimum Gasteiger partial charge on any atom is -0.343 e. The molecule has 2 nitrogen and oxygen atoms in total. The van der Waals surface area contributed by atoms with Crippen molar-refractivity contribution in [2.24, 2.45) is 0 Å². The van der Waals surface area contributed by atoms with E-state index >= 15 is 0 Å². The molecular weight excluding hydrogens is 239 g/mol. The van der Waals surface area contributed by atoms with Crippen molar-refractivity contribution >= 4 is 10.9 Å². The van der Waals surface area contributed by atoms with E-state index in [0.717, 1.165) is 16.5 Å². The van der Waals surface area contributed by atoms with E-state index in [-0.39, 0.29) is 5.82 Å². The van der Waals surface area contributed by atoms with Crippen molar-refractivity contribution in [2.75, 3.05) is 0 Å². The van der Waals surface area contributed by atoms with Gasteiger partial charge in [-0.2, -0.15) is 5.26 Å². The van der Waals surface area contributed by atoms with Crippen LogP contribution in [0, 0.1) is 17.1 Å². The average molecular weight is 250 g/mol. The van der Waals surface area contributed by atoms with Crippen LogP contribution >= 0.6 is 0 Å². The Morgan fingerprint density at radius 1 is 1.11 bits per heavy atom. The van der Waals surface area contributed by atoms with Gasteiger partial charge in [0.25, 0.3) is 0 Å². The molecule has 0 bridgehead atoms. The van der Waals surface area contributed by atoms with E-state index in [1.807, 2.05) is 35.0 Å². The maximum atomic E-state index is 13.2. The van der Waals surface area contributed by atoms with Gasteiger partial charge in [0.1, 0.15) is 5.82 Å². The van der Waals surface area contributed by atoms with Crippen LogP contribution in [0.25, 0.3) is 10.9 Å². The van der Waals surface area contributed by atoms with Gasteiger partial charge in [-0.05, 0) is 42.0 Å². The highest BCUT2D eigenvalue weighted by molar-refractivity contribution is 5.81. The molecule has 0 N–H and O–H groups in total. The van der Waals surface area contributed by atoms with E-state index in [1.54, 1.807) is 12.1 Å². The molecule has 0 saturated heterocycles. The Bertz CT molecular complexity index is 781. The molecule has 0 unspecified atom stereocenters. The number of benzene rings is 2. The number of halogens is 1. The average Bonchev–Trinajstić information content (AvgIpc) is 2.81. The maximum Gasteiger partial charge on any atom is 0.123 e. The largest absolute Gasteiger partial charge is 0.343 e. The van der Waals surface area contributed by atoms with Crippen molar-refractivity contribution in [1.29, 1.82) is 5.26 Å². The highest BCUT2D eigenvalue weighted by Gasteiger charge is 2.03. The molecule has 1 aromatic heterocycles. The van der Waals surface area contributed by atoms with E-state index in [4.69, 9.17) is 5.26 Å². The summed E-state index contributed by atoms with van der Waals surface area (Å²) in [6.07, 6.45) is 1.96. The number of fused-ring (bicyclic) bond motifs is 1. The van der Waals surface area contributed by atoms with Crippen molar-refractivity contribution < 1.29 is 4.39 Å². The van der Waals surface area contributed by atoms with Gasteiger partial charge >= 0.3 is 0 Å². The Kier molecular flexibility index (Phi) is 2.77. The van der Waals surface area contributed by atoms with Crippen molar-refractivity contribution in [1.82, 2.24) is 4.57 Å². The molecule has 19 heavy (non-hydrogen) atoms.